The number of hydrogen-bond donors (Lipinski definition) is 2. The molecule has 1 aromatic rings. The van der Waals surface area contributed by atoms with Crippen LogP contribution in [-0.4, -0.2) is 35.3 Å². The Morgan fingerprint density at radius 3 is 2.50 bits per heavy atom. The molecule has 4 amide bonds. The van der Waals surface area contributed by atoms with Crippen LogP contribution in [0.4, 0.5) is 4.79 Å². The number of urea groups is 1. The van der Waals surface area contributed by atoms with Crippen LogP contribution in [0.1, 0.15) is 56.1 Å². The van der Waals surface area contributed by atoms with E-state index in [0.717, 1.165) is 40.7 Å². The molecule has 0 unspecified atom stereocenters. The fourth-order valence-corrected chi connectivity index (χ4v) is 7.49. The highest BCUT2D eigenvalue weighted by atomic mass is 16.2. The summed E-state index contributed by atoms with van der Waals surface area (Å²) in [6.45, 7) is -0.183. The summed E-state index contributed by atoms with van der Waals surface area (Å²) < 4.78 is 0. The third-order valence-electron chi connectivity index (χ3n) is 8.51. The molecule has 5 fully saturated rings. The number of hydrogen-bond acceptors (Lipinski definition) is 3. The van der Waals surface area contributed by atoms with Crippen LogP contribution in [0.25, 0.3) is 0 Å². The molecule has 6 aliphatic rings. The van der Waals surface area contributed by atoms with Crippen LogP contribution < -0.4 is 10.6 Å². The number of rotatable bonds is 3. The van der Waals surface area contributed by atoms with Crippen LogP contribution in [0.2, 0.25) is 0 Å². The lowest BCUT2D eigenvalue weighted by molar-refractivity contribution is -0.136. The number of carbonyl (C=O) groups is 3. The Kier molecular flexibility index (Phi) is 4.03. The molecular weight excluding hydrogens is 378 g/mol. The maximum absolute atomic E-state index is 13.4. The first kappa shape index (κ1) is 18.4. The van der Waals surface area contributed by atoms with Crippen molar-refractivity contribution >= 4 is 17.8 Å². The minimum absolute atomic E-state index is 0.183. The summed E-state index contributed by atoms with van der Waals surface area (Å²) in [5.74, 6) is 2.36. The molecule has 1 atom stereocenters. The van der Waals surface area contributed by atoms with Crippen molar-refractivity contribution in [3.8, 4) is 0 Å². The van der Waals surface area contributed by atoms with Gasteiger partial charge in [-0.2, -0.15) is 0 Å². The van der Waals surface area contributed by atoms with Crippen molar-refractivity contribution < 1.29 is 14.4 Å². The molecule has 4 saturated carbocycles. The van der Waals surface area contributed by atoms with Gasteiger partial charge in [0.2, 0.25) is 5.91 Å². The van der Waals surface area contributed by atoms with E-state index < -0.39 is 11.6 Å². The summed E-state index contributed by atoms with van der Waals surface area (Å²) in [5, 5.41) is 6.17. The molecule has 30 heavy (non-hydrogen) atoms. The van der Waals surface area contributed by atoms with Crippen LogP contribution >= 0.6 is 0 Å². The van der Waals surface area contributed by atoms with Gasteiger partial charge in [0.1, 0.15) is 12.1 Å². The average Bonchev–Trinajstić information content (AvgIpc) is 2.95. The van der Waals surface area contributed by atoms with Crippen molar-refractivity contribution in [2.45, 2.75) is 62.9 Å². The highest BCUT2D eigenvalue weighted by Gasteiger charge is 2.54. The molecule has 158 valence electrons. The van der Waals surface area contributed by atoms with Crippen molar-refractivity contribution in [3.05, 3.63) is 35.4 Å². The van der Waals surface area contributed by atoms with Crippen LogP contribution in [0.3, 0.4) is 0 Å². The topological polar surface area (TPSA) is 78.5 Å². The molecule has 1 aliphatic heterocycles. The van der Waals surface area contributed by atoms with Crippen LogP contribution in [-0.2, 0) is 21.5 Å². The van der Waals surface area contributed by atoms with E-state index in [-0.39, 0.29) is 24.4 Å². The first-order valence-corrected chi connectivity index (χ1v) is 11.6. The summed E-state index contributed by atoms with van der Waals surface area (Å²) in [6, 6.07) is 7.61. The number of carbonyl (C=O) groups excluding carboxylic acids is 3. The van der Waals surface area contributed by atoms with Crippen molar-refractivity contribution in [1.29, 1.82) is 0 Å². The van der Waals surface area contributed by atoms with Crippen molar-refractivity contribution in [1.82, 2.24) is 15.5 Å². The maximum atomic E-state index is 13.4. The van der Waals surface area contributed by atoms with E-state index in [2.05, 4.69) is 10.6 Å². The number of benzene rings is 1. The fourth-order valence-electron chi connectivity index (χ4n) is 7.49. The Labute approximate surface area is 176 Å². The van der Waals surface area contributed by atoms with Crippen molar-refractivity contribution in [2.24, 2.45) is 23.7 Å². The predicted molar refractivity (Wildman–Crippen MR) is 110 cm³/mol. The van der Waals surface area contributed by atoms with E-state index in [9.17, 15) is 14.4 Å². The molecule has 7 rings (SSSR count). The Bertz CT molecular complexity index is 900. The van der Waals surface area contributed by atoms with E-state index in [1.165, 1.54) is 32.1 Å². The predicted octanol–water partition coefficient (Wildman–Crippen LogP) is 2.71. The molecule has 1 heterocycles. The Hall–Kier alpha value is -2.37. The van der Waals surface area contributed by atoms with Crippen LogP contribution in [0, 0.1) is 23.7 Å². The van der Waals surface area contributed by atoms with Gasteiger partial charge < -0.3 is 10.6 Å². The summed E-state index contributed by atoms with van der Waals surface area (Å²) >= 11 is 0. The molecular formula is C24H29N3O3. The van der Waals surface area contributed by atoms with E-state index in [1.54, 1.807) is 0 Å². The normalized spacial score (nSPS) is 38.7. The first-order chi connectivity index (χ1) is 14.5. The Morgan fingerprint density at radius 1 is 1.07 bits per heavy atom. The minimum atomic E-state index is -1.01. The second-order valence-corrected chi connectivity index (χ2v) is 10.3. The van der Waals surface area contributed by atoms with Gasteiger partial charge in [-0.3, -0.25) is 14.5 Å². The Morgan fingerprint density at radius 2 is 1.77 bits per heavy atom. The van der Waals surface area contributed by atoms with Gasteiger partial charge in [-0.05, 0) is 86.2 Å². The maximum Gasteiger partial charge on any atom is 0.325 e. The second-order valence-electron chi connectivity index (χ2n) is 10.3. The smallest absolute Gasteiger partial charge is 0.325 e. The minimum Gasteiger partial charge on any atom is -0.351 e. The lowest BCUT2D eigenvalue weighted by Crippen LogP contribution is -2.57. The van der Waals surface area contributed by atoms with Gasteiger partial charge in [0.25, 0.3) is 5.91 Å². The third-order valence-corrected chi connectivity index (χ3v) is 8.51. The Balaban J connectivity index is 1.18. The molecule has 6 nitrogen and oxygen atoms in total. The lowest BCUT2D eigenvalue weighted by Gasteiger charge is -2.54. The number of aryl methyl sites for hydroxylation is 1. The second kappa shape index (κ2) is 6.56. The van der Waals surface area contributed by atoms with E-state index in [0.29, 0.717) is 18.3 Å². The number of fused-ring (bicyclic) bond motifs is 2. The molecule has 0 aromatic heterocycles. The average molecular weight is 408 g/mol. The number of nitrogens with zero attached hydrogens (tertiary/aromatic N) is 1. The zero-order chi connectivity index (χ0) is 20.5. The van der Waals surface area contributed by atoms with Crippen molar-refractivity contribution in [2.75, 3.05) is 6.54 Å². The van der Waals surface area contributed by atoms with E-state index in [4.69, 9.17) is 0 Å². The third kappa shape index (κ3) is 2.65. The highest BCUT2D eigenvalue weighted by Crippen LogP contribution is 2.53. The lowest BCUT2D eigenvalue weighted by atomic mass is 9.54. The van der Waals surface area contributed by atoms with Crippen LogP contribution in [0.5, 0.6) is 0 Å². The largest absolute Gasteiger partial charge is 0.351 e. The monoisotopic (exact) mass is 407 g/mol. The molecule has 1 aromatic carbocycles. The van der Waals surface area contributed by atoms with Gasteiger partial charge in [-0.1, -0.05) is 24.3 Å². The highest BCUT2D eigenvalue weighted by molar-refractivity contribution is 6.09. The van der Waals surface area contributed by atoms with E-state index >= 15 is 0 Å². The molecule has 1 saturated heterocycles. The zero-order valence-electron chi connectivity index (χ0n) is 17.2. The number of imide groups is 1. The van der Waals surface area contributed by atoms with Crippen LogP contribution in [0.15, 0.2) is 24.3 Å². The van der Waals surface area contributed by atoms with Crippen molar-refractivity contribution in [3.63, 3.8) is 0 Å². The molecule has 6 heteroatoms. The summed E-state index contributed by atoms with van der Waals surface area (Å²) in [5.41, 5.74) is 0.991. The van der Waals surface area contributed by atoms with Gasteiger partial charge >= 0.3 is 6.03 Å². The summed E-state index contributed by atoms with van der Waals surface area (Å²) in [4.78, 5) is 40.2. The number of amides is 4. The number of nitrogens with one attached hydrogen (secondary N) is 2. The summed E-state index contributed by atoms with van der Waals surface area (Å²) in [7, 11) is 0. The standard InChI is InChI=1S/C24H29N3O3/c28-20(25-21-17-9-14-8-15(11-17)12-18(21)10-14)13-27-22(29)24(26-23(27)30)7-3-5-16-4-1-2-6-19(16)24/h1-2,4,6,14-15,17-18,21H,3,5,7-13H2,(H,25,28)(H,26,30)/t14?,15?,17?,18?,21?,24-/m0/s1. The van der Waals surface area contributed by atoms with Gasteiger partial charge in [0.15, 0.2) is 0 Å². The quantitative estimate of drug-likeness (QED) is 0.757. The van der Waals surface area contributed by atoms with Gasteiger partial charge in [-0.15, -0.1) is 0 Å². The molecule has 0 radical (unpaired) electrons. The van der Waals surface area contributed by atoms with E-state index in [1.807, 2.05) is 24.3 Å². The molecule has 5 aliphatic carbocycles. The first-order valence-electron chi connectivity index (χ1n) is 11.6. The van der Waals surface area contributed by atoms with Gasteiger partial charge in [0.05, 0.1) is 0 Å². The zero-order valence-corrected chi connectivity index (χ0v) is 17.2. The van der Waals surface area contributed by atoms with Gasteiger partial charge in [-0.25, -0.2) is 4.79 Å². The fraction of sp³-hybridized carbons (Fsp3) is 0.625. The summed E-state index contributed by atoms with van der Waals surface area (Å²) in [6.07, 6.45) is 8.61. The molecule has 2 N–H and O–H groups in total. The SMILES string of the molecule is O=C(CN1C(=O)N[C@]2(CCCc3ccccc32)C1=O)NC1C2CC3CC(C2)CC1C3. The molecule has 1 spiro atoms. The molecule has 4 bridgehead atoms. The van der Waals surface area contributed by atoms with Gasteiger partial charge in [0, 0.05) is 6.04 Å².